The van der Waals surface area contributed by atoms with Gasteiger partial charge in [0.1, 0.15) is 6.10 Å². The van der Waals surface area contributed by atoms with Crippen LogP contribution in [-0.2, 0) is 17.8 Å². The van der Waals surface area contributed by atoms with Crippen LogP contribution in [0.4, 0.5) is 5.13 Å². The van der Waals surface area contributed by atoms with Crippen LogP contribution in [-0.4, -0.2) is 52.7 Å². The first-order valence-electron chi connectivity index (χ1n) is 13.6. The summed E-state index contributed by atoms with van der Waals surface area (Å²) >= 11 is 27.0. The van der Waals surface area contributed by atoms with Crippen LogP contribution >= 0.6 is 57.7 Å². The van der Waals surface area contributed by atoms with Crippen molar-refractivity contribution in [2.75, 3.05) is 24.5 Å². The molecular formula is C29H32Cl4N4O3S. The number of anilines is 1. The van der Waals surface area contributed by atoms with Gasteiger partial charge in [-0.3, -0.25) is 4.79 Å². The van der Waals surface area contributed by atoms with Gasteiger partial charge in [0.15, 0.2) is 10.9 Å². The second-order valence-corrected chi connectivity index (χ2v) is 13.3. The average Bonchev–Trinajstić information content (AvgIpc) is 3.48. The number of nitrogens with zero attached hydrogens (tertiary/aromatic N) is 3. The zero-order chi connectivity index (χ0) is 29.3. The molecule has 0 bridgehead atoms. The zero-order valence-electron chi connectivity index (χ0n) is 22.5. The topological polar surface area (TPSA) is 91.9 Å². The fourth-order valence-corrected chi connectivity index (χ4v) is 7.01. The lowest BCUT2D eigenvalue weighted by molar-refractivity contribution is -0.136. The van der Waals surface area contributed by atoms with Crippen LogP contribution in [0.3, 0.4) is 0 Å². The molecule has 1 saturated heterocycles. The van der Waals surface area contributed by atoms with Crippen molar-refractivity contribution in [2.45, 2.75) is 57.4 Å². The summed E-state index contributed by atoms with van der Waals surface area (Å²) < 4.78 is 6.17. The van der Waals surface area contributed by atoms with E-state index in [-0.39, 0.29) is 30.5 Å². The van der Waals surface area contributed by atoms with Crippen molar-refractivity contribution in [3.8, 4) is 5.75 Å². The van der Waals surface area contributed by atoms with Gasteiger partial charge in [0.05, 0.1) is 38.7 Å². The van der Waals surface area contributed by atoms with E-state index in [0.717, 1.165) is 41.4 Å². The number of rotatable bonds is 11. The summed E-state index contributed by atoms with van der Waals surface area (Å²) in [5, 5.41) is 12.4. The normalized spacial score (nSPS) is 18.4. The number of aliphatic hydroxyl groups excluding tert-OH is 1. The highest BCUT2D eigenvalue weighted by atomic mass is 35.5. The van der Waals surface area contributed by atoms with Crippen molar-refractivity contribution in [3.63, 3.8) is 0 Å². The number of hydrogen-bond acceptors (Lipinski definition) is 7. The summed E-state index contributed by atoms with van der Waals surface area (Å²) in [6.45, 7) is 3.72. The number of aromatic nitrogens is 1. The Kier molecular flexibility index (Phi) is 9.91. The zero-order valence-corrected chi connectivity index (χ0v) is 26.4. The maximum atomic E-state index is 13.6. The van der Waals surface area contributed by atoms with Gasteiger partial charge >= 0.3 is 0 Å². The molecule has 41 heavy (non-hydrogen) atoms. The number of ether oxygens (including phenoxy) is 1. The minimum absolute atomic E-state index is 0.0333. The summed E-state index contributed by atoms with van der Waals surface area (Å²) in [6, 6.07) is 9.06. The number of halogens is 4. The van der Waals surface area contributed by atoms with Crippen LogP contribution in [0, 0.1) is 5.92 Å². The monoisotopic (exact) mass is 656 g/mol. The van der Waals surface area contributed by atoms with Crippen molar-refractivity contribution >= 4 is 68.8 Å². The molecule has 12 heteroatoms. The smallest absolute Gasteiger partial charge is 0.227 e. The quantitative estimate of drug-likeness (QED) is 0.236. The van der Waals surface area contributed by atoms with Crippen molar-refractivity contribution in [3.05, 3.63) is 72.6 Å². The number of nitrogens with two attached hydrogens (primary N) is 1. The third-order valence-corrected chi connectivity index (χ3v) is 9.97. The summed E-state index contributed by atoms with van der Waals surface area (Å²) in [6.07, 6.45) is 4.31. The third-order valence-electron chi connectivity index (χ3n) is 7.47. The number of thiazole rings is 1. The Morgan fingerprint density at radius 2 is 1.93 bits per heavy atom. The lowest BCUT2D eigenvalue weighted by atomic mass is 10.0. The van der Waals surface area contributed by atoms with E-state index >= 15 is 0 Å². The molecular weight excluding hydrogens is 626 g/mol. The maximum absolute atomic E-state index is 13.6. The third kappa shape index (κ3) is 7.24. The van der Waals surface area contributed by atoms with Crippen LogP contribution in [0.2, 0.25) is 20.1 Å². The number of amides is 1. The SMILES string of the molecule is C[C@@H](O)c1cc(Cl)c(O[C@@H]2CCN(c3ncc(C[C@H](CN)C(=O)N(Cc4cccc(Cl)c4Cl)C4CC4)s3)C2)c(Cl)c1. The molecule has 7 nitrogen and oxygen atoms in total. The van der Waals surface area contributed by atoms with E-state index < -0.39 is 6.10 Å². The van der Waals surface area contributed by atoms with E-state index in [9.17, 15) is 9.90 Å². The van der Waals surface area contributed by atoms with Crippen LogP contribution in [0.1, 0.15) is 48.3 Å². The molecule has 0 radical (unpaired) electrons. The Morgan fingerprint density at radius 1 is 1.20 bits per heavy atom. The Balaban J connectivity index is 1.21. The molecule has 0 unspecified atom stereocenters. The summed E-state index contributed by atoms with van der Waals surface area (Å²) in [5.74, 6) is 0.101. The van der Waals surface area contributed by atoms with Crippen molar-refractivity contribution in [1.29, 1.82) is 0 Å². The molecule has 0 spiro atoms. The second kappa shape index (κ2) is 13.2. The maximum Gasteiger partial charge on any atom is 0.227 e. The number of carbonyl (C=O) groups excluding carboxylic acids is 1. The lowest BCUT2D eigenvalue weighted by Gasteiger charge is -2.27. The highest BCUT2D eigenvalue weighted by Crippen LogP contribution is 2.38. The first-order chi connectivity index (χ1) is 19.6. The van der Waals surface area contributed by atoms with Gasteiger partial charge in [0, 0.05) is 43.2 Å². The van der Waals surface area contributed by atoms with Crippen LogP contribution in [0.15, 0.2) is 36.5 Å². The van der Waals surface area contributed by atoms with E-state index in [4.69, 9.17) is 56.9 Å². The summed E-state index contributed by atoms with van der Waals surface area (Å²) in [5.41, 5.74) is 7.60. The molecule has 1 saturated carbocycles. The van der Waals surface area contributed by atoms with Crippen molar-refractivity contribution < 1.29 is 14.6 Å². The predicted molar refractivity (Wildman–Crippen MR) is 167 cm³/mol. The fraction of sp³-hybridized carbons (Fsp3) is 0.448. The molecule has 1 aliphatic carbocycles. The molecule has 220 valence electrons. The highest BCUT2D eigenvalue weighted by Gasteiger charge is 2.36. The first kappa shape index (κ1) is 30.7. The summed E-state index contributed by atoms with van der Waals surface area (Å²) in [7, 11) is 0. The van der Waals surface area contributed by atoms with Crippen LogP contribution < -0.4 is 15.4 Å². The van der Waals surface area contributed by atoms with Crippen molar-refractivity contribution in [1.82, 2.24) is 9.88 Å². The van der Waals surface area contributed by atoms with Gasteiger partial charge in [-0.15, -0.1) is 11.3 Å². The minimum Gasteiger partial charge on any atom is -0.485 e. The molecule has 3 aromatic rings. The van der Waals surface area contributed by atoms with Gasteiger partial charge in [-0.2, -0.15) is 0 Å². The first-order valence-corrected chi connectivity index (χ1v) is 15.9. The molecule has 2 aromatic carbocycles. The summed E-state index contributed by atoms with van der Waals surface area (Å²) in [4.78, 5) is 23.4. The number of hydrogen-bond donors (Lipinski definition) is 2. The molecule has 1 aliphatic heterocycles. The number of aliphatic hydroxyl groups is 1. The molecule has 3 N–H and O–H groups in total. The molecule has 5 rings (SSSR count). The van der Waals surface area contributed by atoms with E-state index in [0.29, 0.717) is 50.9 Å². The number of benzene rings is 2. The Bertz CT molecular complexity index is 1380. The van der Waals surface area contributed by atoms with E-state index in [1.165, 1.54) is 0 Å². The fourth-order valence-electron chi connectivity index (χ4n) is 5.01. The van der Waals surface area contributed by atoms with E-state index in [1.54, 1.807) is 36.5 Å². The van der Waals surface area contributed by atoms with Gasteiger partial charge in [-0.25, -0.2) is 4.98 Å². The molecule has 2 heterocycles. The van der Waals surface area contributed by atoms with Crippen LogP contribution in [0.25, 0.3) is 0 Å². The molecule has 1 aromatic heterocycles. The predicted octanol–water partition coefficient (Wildman–Crippen LogP) is 6.78. The standard InChI is InChI=1S/C29H32Cl4N4O3S/c1-16(38)18-10-24(31)27(25(32)11-18)40-21-7-8-36(15-21)29-35-13-22(41-29)9-19(12-34)28(39)37(20-5-6-20)14-17-3-2-4-23(30)26(17)33/h2-4,10-11,13,16,19-21,38H,5-9,12,14-15,34H2,1H3/t16-,19-,21-/m1/s1. The van der Waals surface area contributed by atoms with Crippen molar-refractivity contribution in [2.24, 2.45) is 11.7 Å². The van der Waals surface area contributed by atoms with Crippen LogP contribution in [0.5, 0.6) is 5.75 Å². The van der Waals surface area contributed by atoms with Gasteiger partial charge < -0.3 is 25.4 Å². The Hall–Kier alpha value is -1.78. The minimum atomic E-state index is -0.674. The highest BCUT2D eigenvalue weighted by molar-refractivity contribution is 7.15. The number of carbonyl (C=O) groups is 1. The van der Waals surface area contributed by atoms with Gasteiger partial charge in [-0.05, 0) is 55.5 Å². The lowest BCUT2D eigenvalue weighted by Crippen LogP contribution is -2.41. The largest absolute Gasteiger partial charge is 0.485 e. The molecule has 3 atom stereocenters. The molecule has 2 fully saturated rings. The Morgan fingerprint density at radius 3 is 2.59 bits per heavy atom. The van der Waals surface area contributed by atoms with E-state index in [1.807, 2.05) is 23.2 Å². The van der Waals surface area contributed by atoms with E-state index in [2.05, 4.69) is 9.88 Å². The molecule has 1 amide bonds. The van der Waals surface area contributed by atoms with Gasteiger partial charge in [0.2, 0.25) is 5.91 Å². The molecule has 2 aliphatic rings. The second-order valence-electron chi connectivity index (χ2n) is 10.6. The van der Waals surface area contributed by atoms with Gasteiger partial charge in [0.25, 0.3) is 0 Å². The average molecular weight is 658 g/mol. The van der Waals surface area contributed by atoms with Gasteiger partial charge in [-0.1, -0.05) is 58.5 Å². The Labute approximate surface area is 264 Å².